The maximum Gasteiger partial charge on any atom is 0.0906 e. The molecule has 1 nitrogen and oxygen atoms in total. The number of rotatable bonds is 6. The van der Waals surface area contributed by atoms with Crippen LogP contribution in [-0.4, -0.2) is 36.5 Å². The third-order valence-electron chi connectivity index (χ3n) is 1.58. The van der Waals surface area contributed by atoms with Crippen LogP contribution in [0.15, 0.2) is 0 Å². The monoisotopic (exact) mass is 225 g/mol. The first kappa shape index (κ1) is 11.4. The van der Waals surface area contributed by atoms with E-state index in [0.29, 0.717) is 11.2 Å². The van der Waals surface area contributed by atoms with Crippen molar-refractivity contribution in [2.24, 2.45) is 0 Å². The van der Waals surface area contributed by atoms with Gasteiger partial charge in [-0.2, -0.15) is 0 Å². The molecule has 0 aromatic carbocycles. The molecule has 0 radical (unpaired) electrons. The van der Waals surface area contributed by atoms with Crippen LogP contribution in [-0.2, 0) is 0 Å². The molecule has 0 spiro atoms. The zero-order chi connectivity index (χ0) is 8.69. The molecule has 1 unspecified atom stereocenters. The lowest BCUT2D eigenvalue weighted by molar-refractivity contribution is 0.306. The van der Waals surface area contributed by atoms with Crippen LogP contribution < -0.4 is 0 Å². The second kappa shape index (κ2) is 7.04. The molecule has 0 fully saturated rings. The fourth-order valence-corrected chi connectivity index (χ4v) is 1.04. The van der Waals surface area contributed by atoms with Crippen LogP contribution in [0.2, 0.25) is 0 Å². The van der Waals surface area contributed by atoms with Crippen molar-refractivity contribution < 1.29 is 4.39 Å². The lowest BCUT2D eigenvalue weighted by atomic mass is 10.3. The van der Waals surface area contributed by atoms with Gasteiger partial charge in [-0.3, -0.25) is 4.39 Å². The average Bonchev–Trinajstić information content (AvgIpc) is 1.97. The van der Waals surface area contributed by atoms with E-state index in [4.69, 9.17) is 0 Å². The van der Waals surface area contributed by atoms with E-state index in [9.17, 15) is 4.39 Å². The summed E-state index contributed by atoms with van der Waals surface area (Å²) < 4.78 is 11.7. The van der Waals surface area contributed by atoms with Crippen molar-refractivity contribution in [3.63, 3.8) is 0 Å². The largest absolute Gasteiger partial charge is 0.306 e. The van der Waals surface area contributed by atoms with Crippen molar-refractivity contribution in [1.29, 1.82) is 0 Å². The van der Waals surface area contributed by atoms with E-state index < -0.39 is 0 Å². The van der Waals surface area contributed by atoms with Gasteiger partial charge in [0.25, 0.3) is 0 Å². The number of alkyl halides is 2. The predicted molar refractivity (Wildman–Crippen MR) is 51.1 cm³/mol. The van der Waals surface area contributed by atoms with Crippen molar-refractivity contribution in [3.8, 4) is 0 Å². The third-order valence-corrected chi connectivity index (χ3v) is 2.04. The SMILES string of the molecule is CC(Br)CCN(C)CCCF. The highest BCUT2D eigenvalue weighted by Crippen LogP contribution is 2.03. The fraction of sp³-hybridized carbons (Fsp3) is 1.00. The normalized spacial score (nSPS) is 13.9. The van der Waals surface area contributed by atoms with Gasteiger partial charge in [-0.1, -0.05) is 22.9 Å². The maximum absolute atomic E-state index is 11.7. The zero-order valence-corrected chi connectivity index (χ0v) is 8.90. The molecule has 0 bridgehead atoms. The zero-order valence-electron chi connectivity index (χ0n) is 7.32. The highest BCUT2D eigenvalue weighted by Gasteiger charge is 2.00. The van der Waals surface area contributed by atoms with Crippen LogP contribution in [0.1, 0.15) is 19.8 Å². The van der Waals surface area contributed by atoms with Crippen molar-refractivity contribution >= 4 is 15.9 Å². The quantitative estimate of drug-likeness (QED) is 0.629. The van der Waals surface area contributed by atoms with Gasteiger partial charge in [-0.25, -0.2) is 0 Å². The van der Waals surface area contributed by atoms with E-state index in [1.54, 1.807) is 0 Å². The highest BCUT2D eigenvalue weighted by molar-refractivity contribution is 9.09. The molecule has 0 aliphatic rings. The Morgan fingerprint density at radius 2 is 2.09 bits per heavy atom. The Balaban J connectivity index is 3.15. The van der Waals surface area contributed by atoms with E-state index in [2.05, 4.69) is 27.8 Å². The molecule has 11 heavy (non-hydrogen) atoms. The summed E-state index contributed by atoms with van der Waals surface area (Å²) in [5.41, 5.74) is 0. The van der Waals surface area contributed by atoms with Gasteiger partial charge < -0.3 is 4.90 Å². The van der Waals surface area contributed by atoms with Crippen molar-refractivity contribution in [2.45, 2.75) is 24.6 Å². The van der Waals surface area contributed by atoms with Gasteiger partial charge in [0, 0.05) is 11.4 Å². The van der Waals surface area contributed by atoms with Crippen molar-refractivity contribution in [2.75, 3.05) is 26.8 Å². The Labute approximate surface area is 77.1 Å². The van der Waals surface area contributed by atoms with Gasteiger partial charge in [-0.05, 0) is 26.4 Å². The summed E-state index contributed by atoms with van der Waals surface area (Å²) in [6.45, 7) is 3.85. The second-order valence-electron chi connectivity index (χ2n) is 2.92. The lowest BCUT2D eigenvalue weighted by Gasteiger charge is -2.15. The summed E-state index contributed by atoms with van der Waals surface area (Å²) in [6, 6.07) is 0. The van der Waals surface area contributed by atoms with E-state index in [1.807, 2.05) is 7.05 Å². The molecule has 0 heterocycles. The van der Waals surface area contributed by atoms with Crippen LogP contribution in [0.3, 0.4) is 0 Å². The molecule has 0 aliphatic carbocycles. The minimum Gasteiger partial charge on any atom is -0.306 e. The van der Waals surface area contributed by atoms with Crippen molar-refractivity contribution in [1.82, 2.24) is 4.90 Å². The summed E-state index contributed by atoms with van der Waals surface area (Å²) in [7, 11) is 2.03. The first-order valence-electron chi connectivity index (χ1n) is 4.05. The molecular weight excluding hydrogens is 209 g/mol. The fourth-order valence-electron chi connectivity index (χ4n) is 0.840. The molecule has 0 aromatic heterocycles. The van der Waals surface area contributed by atoms with Crippen LogP contribution in [0.5, 0.6) is 0 Å². The first-order valence-corrected chi connectivity index (χ1v) is 4.97. The number of nitrogens with zero attached hydrogens (tertiary/aromatic N) is 1. The lowest BCUT2D eigenvalue weighted by Crippen LogP contribution is -2.22. The molecular formula is C8H17BrFN. The van der Waals surface area contributed by atoms with Crippen LogP contribution in [0.25, 0.3) is 0 Å². The standard InChI is InChI=1S/C8H17BrFN/c1-8(9)4-7-11(2)6-3-5-10/h8H,3-7H2,1-2H3. The maximum atomic E-state index is 11.7. The molecule has 0 aliphatic heterocycles. The Hall–Kier alpha value is 0.370. The second-order valence-corrected chi connectivity index (χ2v) is 4.48. The molecule has 1 atom stereocenters. The van der Waals surface area contributed by atoms with E-state index in [-0.39, 0.29) is 6.67 Å². The topological polar surface area (TPSA) is 3.24 Å². The number of halogens is 2. The summed E-state index contributed by atoms with van der Waals surface area (Å²) >= 11 is 3.47. The van der Waals surface area contributed by atoms with E-state index in [0.717, 1.165) is 19.5 Å². The molecule has 3 heteroatoms. The van der Waals surface area contributed by atoms with Gasteiger partial charge in [0.15, 0.2) is 0 Å². The van der Waals surface area contributed by atoms with Gasteiger partial charge in [0.2, 0.25) is 0 Å². The molecule has 0 N–H and O–H groups in total. The van der Waals surface area contributed by atoms with Gasteiger partial charge in [-0.15, -0.1) is 0 Å². The Kier molecular flexibility index (Phi) is 7.28. The molecule has 0 saturated carbocycles. The molecule has 0 saturated heterocycles. The highest BCUT2D eigenvalue weighted by atomic mass is 79.9. The number of hydrogen-bond acceptors (Lipinski definition) is 1. The molecule has 0 aromatic rings. The van der Waals surface area contributed by atoms with Crippen molar-refractivity contribution in [3.05, 3.63) is 0 Å². The smallest absolute Gasteiger partial charge is 0.0906 e. The first-order chi connectivity index (χ1) is 5.16. The van der Waals surface area contributed by atoms with Crippen LogP contribution >= 0.6 is 15.9 Å². The molecule has 0 amide bonds. The Bertz CT molecular complexity index is 88.2. The average molecular weight is 226 g/mol. The Morgan fingerprint density at radius 3 is 2.55 bits per heavy atom. The number of hydrogen-bond donors (Lipinski definition) is 0. The summed E-state index contributed by atoms with van der Waals surface area (Å²) in [5.74, 6) is 0. The Morgan fingerprint density at radius 1 is 1.45 bits per heavy atom. The molecule has 68 valence electrons. The minimum atomic E-state index is -0.200. The summed E-state index contributed by atoms with van der Waals surface area (Å²) in [5, 5.41) is 0. The summed E-state index contributed by atoms with van der Waals surface area (Å²) in [6.07, 6.45) is 1.79. The van der Waals surface area contributed by atoms with Gasteiger partial charge in [0.1, 0.15) is 0 Å². The minimum absolute atomic E-state index is 0.200. The third kappa shape index (κ3) is 8.27. The van der Waals surface area contributed by atoms with Gasteiger partial charge >= 0.3 is 0 Å². The van der Waals surface area contributed by atoms with E-state index in [1.165, 1.54) is 0 Å². The van der Waals surface area contributed by atoms with Crippen LogP contribution in [0, 0.1) is 0 Å². The predicted octanol–water partition coefficient (Wildman–Crippen LogP) is 2.45. The summed E-state index contributed by atoms with van der Waals surface area (Å²) in [4.78, 5) is 2.73. The molecule has 0 rings (SSSR count). The van der Waals surface area contributed by atoms with E-state index >= 15 is 0 Å². The van der Waals surface area contributed by atoms with Gasteiger partial charge in [0.05, 0.1) is 6.67 Å². The van der Waals surface area contributed by atoms with Crippen LogP contribution in [0.4, 0.5) is 4.39 Å².